The first kappa shape index (κ1) is 6.13. The maximum atomic E-state index is 8.37. The molecular weight excluding hydrogens is 116 g/mol. The first-order valence-electron chi connectivity index (χ1n) is 2.94. The van der Waals surface area contributed by atoms with E-state index in [9.17, 15) is 0 Å². The molecule has 2 atom stereocenters. The van der Waals surface area contributed by atoms with Gasteiger partial charge in [0.25, 0.3) is 0 Å². The fourth-order valence-electron chi connectivity index (χ4n) is 0.778. The predicted octanol–water partition coefficient (Wildman–Crippen LogP) is 0.652. The molecule has 0 aliphatic carbocycles. The van der Waals surface area contributed by atoms with Gasteiger partial charge in [-0.1, -0.05) is 0 Å². The summed E-state index contributed by atoms with van der Waals surface area (Å²) in [6.45, 7) is 2.01. The largest absolute Gasteiger partial charge is 0.516 e. The minimum Gasteiger partial charge on any atom is -0.516 e. The quantitative estimate of drug-likeness (QED) is 0.507. The highest BCUT2D eigenvalue weighted by Gasteiger charge is 2.15. The summed E-state index contributed by atoms with van der Waals surface area (Å²) in [6, 6.07) is 0.313. The zero-order valence-corrected chi connectivity index (χ0v) is 5.28. The molecule has 0 radical (unpaired) electrons. The van der Waals surface area contributed by atoms with Gasteiger partial charge in [0.1, 0.15) is 0 Å². The number of nitrogens with one attached hydrogen (secondary N) is 1. The zero-order valence-electron chi connectivity index (χ0n) is 5.28. The van der Waals surface area contributed by atoms with Crippen LogP contribution in [0, 0.1) is 5.92 Å². The molecule has 2 N–H and O–H groups in total. The Morgan fingerprint density at radius 3 is 3.00 bits per heavy atom. The Labute approximate surface area is 54.1 Å². The third-order valence-corrected chi connectivity index (χ3v) is 1.41. The second-order valence-electron chi connectivity index (χ2n) is 2.11. The van der Waals surface area contributed by atoms with Gasteiger partial charge in [-0.3, -0.25) is 0 Å². The van der Waals surface area contributed by atoms with Gasteiger partial charge in [0.15, 0.2) is 0 Å². The Balaban J connectivity index is 2.49. The smallest absolute Gasteiger partial charge is 0.0759 e. The van der Waals surface area contributed by atoms with Crippen molar-refractivity contribution < 1.29 is 5.11 Å². The molecule has 1 rings (SSSR count). The lowest BCUT2D eigenvalue weighted by Gasteiger charge is -2.06. The molecular formula is C6H10N2O. The summed E-state index contributed by atoms with van der Waals surface area (Å²) in [6.07, 6.45) is 4.53. The van der Waals surface area contributed by atoms with E-state index in [0.717, 1.165) is 6.26 Å². The fourth-order valence-corrected chi connectivity index (χ4v) is 0.778. The first-order valence-corrected chi connectivity index (χ1v) is 2.94. The number of aliphatic hydroxyl groups is 1. The summed E-state index contributed by atoms with van der Waals surface area (Å²) < 4.78 is 0. The van der Waals surface area contributed by atoms with E-state index < -0.39 is 0 Å². The minimum atomic E-state index is 0.245. The van der Waals surface area contributed by atoms with E-state index in [1.165, 1.54) is 0 Å². The standard InChI is InChI=1S/C6H10N2O/c1-5-6(2-3-9)4-7-8-5/h2-6,8-9H,1H3. The SMILES string of the molecule is CC1NN=CC1C=CO. The first-order chi connectivity index (χ1) is 4.34. The van der Waals surface area contributed by atoms with Crippen LogP contribution in [0.1, 0.15) is 6.92 Å². The molecule has 0 aromatic carbocycles. The minimum absolute atomic E-state index is 0.245. The molecule has 1 aliphatic rings. The van der Waals surface area contributed by atoms with E-state index in [-0.39, 0.29) is 5.92 Å². The van der Waals surface area contributed by atoms with Crippen LogP contribution in [0.3, 0.4) is 0 Å². The van der Waals surface area contributed by atoms with Gasteiger partial charge in [-0.25, -0.2) is 0 Å². The van der Waals surface area contributed by atoms with Gasteiger partial charge in [-0.05, 0) is 13.0 Å². The number of rotatable bonds is 1. The van der Waals surface area contributed by atoms with Crippen LogP contribution in [0.15, 0.2) is 17.4 Å². The molecule has 0 aromatic rings. The summed E-state index contributed by atoms with van der Waals surface area (Å²) in [4.78, 5) is 0. The van der Waals surface area contributed by atoms with Crippen LogP contribution in [-0.2, 0) is 0 Å². The lowest BCUT2D eigenvalue weighted by atomic mass is 10.1. The van der Waals surface area contributed by atoms with Crippen molar-refractivity contribution in [2.24, 2.45) is 11.0 Å². The summed E-state index contributed by atoms with van der Waals surface area (Å²) in [5.74, 6) is 0.245. The third-order valence-electron chi connectivity index (χ3n) is 1.41. The molecule has 3 nitrogen and oxygen atoms in total. The molecule has 0 bridgehead atoms. The van der Waals surface area contributed by atoms with Crippen molar-refractivity contribution in [3.8, 4) is 0 Å². The summed E-state index contributed by atoms with van der Waals surface area (Å²) >= 11 is 0. The average molecular weight is 126 g/mol. The fraction of sp³-hybridized carbons (Fsp3) is 0.500. The van der Waals surface area contributed by atoms with Gasteiger partial charge >= 0.3 is 0 Å². The average Bonchev–Trinajstić information content (AvgIpc) is 2.18. The maximum absolute atomic E-state index is 8.37. The molecule has 0 amide bonds. The van der Waals surface area contributed by atoms with Crippen molar-refractivity contribution in [2.45, 2.75) is 13.0 Å². The maximum Gasteiger partial charge on any atom is 0.0759 e. The van der Waals surface area contributed by atoms with Gasteiger partial charge in [-0.2, -0.15) is 5.10 Å². The van der Waals surface area contributed by atoms with E-state index in [0.29, 0.717) is 6.04 Å². The Morgan fingerprint density at radius 2 is 2.56 bits per heavy atom. The van der Waals surface area contributed by atoms with Crippen LogP contribution in [-0.4, -0.2) is 17.4 Å². The highest BCUT2D eigenvalue weighted by Crippen LogP contribution is 2.06. The zero-order chi connectivity index (χ0) is 6.69. The van der Waals surface area contributed by atoms with Crippen LogP contribution >= 0.6 is 0 Å². The van der Waals surface area contributed by atoms with Crippen LogP contribution in [0.25, 0.3) is 0 Å². The molecule has 3 heteroatoms. The Hall–Kier alpha value is -0.990. The molecule has 0 fully saturated rings. The third kappa shape index (κ3) is 1.22. The molecule has 0 saturated carbocycles. The van der Waals surface area contributed by atoms with Crippen LogP contribution in [0.4, 0.5) is 0 Å². The second kappa shape index (κ2) is 2.53. The molecule has 2 unspecified atom stereocenters. The number of hydrazone groups is 1. The van der Waals surface area contributed by atoms with Crippen molar-refractivity contribution in [3.63, 3.8) is 0 Å². The molecule has 0 saturated heterocycles. The normalized spacial score (nSPS) is 33.4. The lowest BCUT2D eigenvalue weighted by molar-refractivity contribution is 0.463. The van der Waals surface area contributed by atoms with E-state index in [1.54, 1.807) is 12.3 Å². The highest BCUT2D eigenvalue weighted by atomic mass is 16.2. The van der Waals surface area contributed by atoms with Crippen molar-refractivity contribution in [3.05, 3.63) is 12.3 Å². The molecule has 0 aromatic heterocycles. The topological polar surface area (TPSA) is 44.6 Å². The molecule has 1 heterocycles. The summed E-state index contributed by atoms with van der Waals surface area (Å²) in [5, 5.41) is 12.2. The Bertz CT molecular complexity index is 142. The number of nitrogens with zero attached hydrogens (tertiary/aromatic N) is 1. The monoisotopic (exact) mass is 126 g/mol. The summed E-state index contributed by atoms with van der Waals surface area (Å²) in [7, 11) is 0. The lowest BCUT2D eigenvalue weighted by Crippen LogP contribution is -2.21. The van der Waals surface area contributed by atoms with Crippen molar-refractivity contribution in [2.75, 3.05) is 0 Å². The Morgan fingerprint density at radius 1 is 1.78 bits per heavy atom. The number of hydrogen-bond acceptors (Lipinski definition) is 3. The second-order valence-corrected chi connectivity index (χ2v) is 2.11. The van der Waals surface area contributed by atoms with Gasteiger partial charge in [-0.15, -0.1) is 0 Å². The van der Waals surface area contributed by atoms with Crippen molar-refractivity contribution in [1.82, 2.24) is 5.43 Å². The predicted molar refractivity (Wildman–Crippen MR) is 36.3 cm³/mol. The van der Waals surface area contributed by atoms with Crippen LogP contribution in [0.2, 0.25) is 0 Å². The van der Waals surface area contributed by atoms with Crippen LogP contribution < -0.4 is 5.43 Å². The van der Waals surface area contributed by atoms with Crippen molar-refractivity contribution in [1.29, 1.82) is 0 Å². The van der Waals surface area contributed by atoms with Gasteiger partial charge in [0.05, 0.1) is 12.3 Å². The molecule has 1 aliphatic heterocycles. The molecule has 50 valence electrons. The van der Waals surface area contributed by atoms with Gasteiger partial charge in [0.2, 0.25) is 0 Å². The number of aliphatic hydroxyl groups excluding tert-OH is 1. The van der Waals surface area contributed by atoms with Crippen molar-refractivity contribution >= 4 is 6.21 Å². The Kier molecular flexibility index (Phi) is 1.72. The van der Waals surface area contributed by atoms with Crippen LogP contribution in [0.5, 0.6) is 0 Å². The highest BCUT2D eigenvalue weighted by molar-refractivity contribution is 5.65. The van der Waals surface area contributed by atoms with E-state index in [1.807, 2.05) is 6.92 Å². The van der Waals surface area contributed by atoms with Gasteiger partial charge in [0, 0.05) is 12.1 Å². The van der Waals surface area contributed by atoms with E-state index >= 15 is 0 Å². The van der Waals surface area contributed by atoms with Gasteiger partial charge < -0.3 is 10.5 Å². The molecule has 0 spiro atoms. The number of hydrogen-bond donors (Lipinski definition) is 2. The van der Waals surface area contributed by atoms with E-state index in [2.05, 4.69) is 10.5 Å². The van der Waals surface area contributed by atoms with E-state index in [4.69, 9.17) is 5.11 Å². The summed E-state index contributed by atoms with van der Waals surface area (Å²) in [5.41, 5.74) is 2.86. The molecule has 9 heavy (non-hydrogen) atoms.